The van der Waals surface area contributed by atoms with Gasteiger partial charge in [-0.25, -0.2) is 9.67 Å². The van der Waals surface area contributed by atoms with Gasteiger partial charge in [0.05, 0.1) is 18.4 Å². The lowest BCUT2D eigenvalue weighted by Crippen LogP contribution is -2.29. The SMILES string of the molecule is CCn1c(N(C)CCN)nc2cnn(Cc3nc(C)cc4ccccc34)c(=O)c21. The van der Waals surface area contributed by atoms with Crippen molar-refractivity contribution in [2.75, 3.05) is 25.0 Å². The largest absolute Gasteiger partial charge is 0.344 e. The number of fused-ring (bicyclic) bond motifs is 2. The standard InChI is InChI=1S/C21H25N7O/c1-4-27-19-17(25-21(27)26(3)10-9-22)12-23-28(20(19)29)13-18-16-8-6-5-7-15(16)11-14(2)24-18/h5-8,11-12H,4,9-10,13,22H2,1-3H3. The van der Waals surface area contributed by atoms with Gasteiger partial charge in [-0.05, 0) is 25.3 Å². The second-order valence-electron chi connectivity index (χ2n) is 7.14. The minimum absolute atomic E-state index is 0.170. The van der Waals surface area contributed by atoms with E-state index in [2.05, 4.69) is 21.1 Å². The van der Waals surface area contributed by atoms with Crippen LogP contribution in [0.25, 0.3) is 21.8 Å². The summed E-state index contributed by atoms with van der Waals surface area (Å²) in [5, 5.41) is 6.51. The molecule has 3 aromatic heterocycles. The lowest BCUT2D eigenvalue weighted by atomic mass is 10.1. The summed E-state index contributed by atoms with van der Waals surface area (Å²) in [4.78, 5) is 24.5. The molecule has 150 valence electrons. The van der Waals surface area contributed by atoms with Gasteiger partial charge in [0.15, 0.2) is 0 Å². The maximum atomic E-state index is 13.3. The molecule has 0 fully saturated rings. The molecule has 8 heteroatoms. The maximum absolute atomic E-state index is 13.3. The molecule has 0 atom stereocenters. The van der Waals surface area contributed by atoms with Gasteiger partial charge in [-0.3, -0.25) is 9.78 Å². The quantitative estimate of drug-likeness (QED) is 0.540. The minimum atomic E-state index is -0.170. The molecule has 8 nitrogen and oxygen atoms in total. The topological polar surface area (TPSA) is 94.9 Å². The first-order valence-corrected chi connectivity index (χ1v) is 9.76. The Labute approximate surface area is 168 Å². The summed E-state index contributed by atoms with van der Waals surface area (Å²) in [6, 6.07) is 10.1. The zero-order valence-corrected chi connectivity index (χ0v) is 17.0. The molecule has 0 unspecified atom stereocenters. The van der Waals surface area contributed by atoms with Crippen LogP contribution in [-0.4, -0.2) is 44.5 Å². The minimum Gasteiger partial charge on any atom is -0.344 e. The van der Waals surface area contributed by atoms with E-state index in [1.165, 1.54) is 4.68 Å². The Balaban J connectivity index is 1.84. The van der Waals surface area contributed by atoms with Gasteiger partial charge in [0.1, 0.15) is 11.0 Å². The molecule has 4 rings (SSSR count). The predicted molar refractivity (Wildman–Crippen MR) is 115 cm³/mol. The maximum Gasteiger partial charge on any atom is 0.293 e. The van der Waals surface area contributed by atoms with E-state index < -0.39 is 0 Å². The molecule has 0 amide bonds. The fourth-order valence-electron chi connectivity index (χ4n) is 3.75. The summed E-state index contributed by atoms with van der Waals surface area (Å²) >= 11 is 0. The molecular formula is C21H25N7O. The van der Waals surface area contributed by atoms with Gasteiger partial charge in [-0.2, -0.15) is 5.10 Å². The van der Waals surface area contributed by atoms with Crippen LogP contribution >= 0.6 is 0 Å². The highest BCUT2D eigenvalue weighted by Crippen LogP contribution is 2.21. The van der Waals surface area contributed by atoms with Crippen molar-refractivity contribution >= 4 is 27.8 Å². The number of likely N-dealkylation sites (N-methyl/N-ethyl adjacent to an activating group) is 1. The zero-order chi connectivity index (χ0) is 20.5. The molecule has 0 radical (unpaired) electrons. The van der Waals surface area contributed by atoms with E-state index in [1.54, 1.807) is 6.20 Å². The van der Waals surface area contributed by atoms with Gasteiger partial charge in [-0.15, -0.1) is 0 Å². The number of aromatic nitrogens is 5. The van der Waals surface area contributed by atoms with Crippen LogP contribution in [-0.2, 0) is 13.1 Å². The highest BCUT2D eigenvalue weighted by Gasteiger charge is 2.18. The third-order valence-corrected chi connectivity index (χ3v) is 5.10. The van der Waals surface area contributed by atoms with E-state index in [0.29, 0.717) is 37.2 Å². The van der Waals surface area contributed by atoms with Gasteiger partial charge in [-0.1, -0.05) is 24.3 Å². The number of benzene rings is 1. The Morgan fingerprint density at radius 3 is 2.76 bits per heavy atom. The fraction of sp³-hybridized carbons (Fsp3) is 0.333. The summed E-state index contributed by atoms with van der Waals surface area (Å²) in [5.41, 5.74) is 8.41. The van der Waals surface area contributed by atoms with Crippen molar-refractivity contribution in [1.29, 1.82) is 0 Å². The molecule has 3 heterocycles. The van der Waals surface area contributed by atoms with Crippen molar-refractivity contribution in [2.24, 2.45) is 5.73 Å². The number of imidazole rings is 1. The lowest BCUT2D eigenvalue weighted by molar-refractivity contribution is 0.632. The number of hydrogen-bond donors (Lipinski definition) is 1. The highest BCUT2D eigenvalue weighted by molar-refractivity contribution is 5.85. The first kappa shape index (κ1) is 19.1. The molecule has 0 bridgehead atoms. The van der Waals surface area contributed by atoms with Gasteiger partial charge in [0.25, 0.3) is 5.56 Å². The van der Waals surface area contributed by atoms with Crippen LogP contribution in [0.1, 0.15) is 18.3 Å². The molecule has 29 heavy (non-hydrogen) atoms. The summed E-state index contributed by atoms with van der Waals surface area (Å²) in [6.45, 7) is 6.06. The van der Waals surface area contributed by atoms with Crippen LogP contribution in [0.5, 0.6) is 0 Å². The Kier molecular flexibility index (Phi) is 5.02. The average molecular weight is 391 g/mol. The smallest absolute Gasteiger partial charge is 0.293 e. The van der Waals surface area contributed by atoms with E-state index in [1.807, 2.05) is 54.6 Å². The van der Waals surface area contributed by atoms with Crippen LogP contribution in [0.15, 0.2) is 41.3 Å². The number of rotatable bonds is 6. The van der Waals surface area contributed by atoms with Crippen LogP contribution in [0.3, 0.4) is 0 Å². The highest BCUT2D eigenvalue weighted by atomic mass is 16.1. The van der Waals surface area contributed by atoms with Gasteiger partial charge in [0.2, 0.25) is 5.95 Å². The number of nitrogens with two attached hydrogens (primary N) is 1. The number of nitrogens with zero attached hydrogens (tertiary/aromatic N) is 6. The fourth-order valence-corrected chi connectivity index (χ4v) is 3.75. The van der Waals surface area contributed by atoms with Crippen molar-refractivity contribution in [3.63, 3.8) is 0 Å². The second-order valence-corrected chi connectivity index (χ2v) is 7.14. The third kappa shape index (κ3) is 3.36. The van der Waals surface area contributed by atoms with E-state index in [0.717, 1.165) is 28.1 Å². The third-order valence-electron chi connectivity index (χ3n) is 5.10. The van der Waals surface area contributed by atoms with E-state index in [4.69, 9.17) is 5.73 Å². The van der Waals surface area contributed by atoms with E-state index >= 15 is 0 Å². The van der Waals surface area contributed by atoms with E-state index in [-0.39, 0.29) is 5.56 Å². The zero-order valence-electron chi connectivity index (χ0n) is 17.0. The first-order valence-electron chi connectivity index (χ1n) is 9.76. The van der Waals surface area contributed by atoms with Crippen LogP contribution in [0, 0.1) is 6.92 Å². The summed E-state index contributed by atoms with van der Waals surface area (Å²) in [5.74, 6) is 0.726. The predicted octanol–water partition coefficient (Wildman–Crippen LogP) is 1.91. The van der Waals surface area contributed by atoms with Crippen LogP contribution < -0.4 is 16.2 Å². The van der Waals surface area contributed by atoms with Crippen molar-refractivity contribution in [3.05, 3.63) is 58.3 Å². The molecule has 0 aliphatic rings. The van der Waals surface area contributed by atoms with Gasteiger partial charge >= 0.3 is 0 Å². The molecule has 0 aliphatic carbocycles. The van der Waals surface area contributed by atoms with Crippen LogP contribution in [0.2, 0.25) is 0 Å². The molecule has 0 spiro atoms. The first-order chi connectivity index (χ1) is 14.0. The Bertz CT molecular complexity index is 1240. The van der Waals surface area contributed by atoms with Gasteiger partial charge < -0.3 is 15.2 Å². The average Bonchev–Trinajstić information content (AvgIpc) is 3.09. The second kappa shape index (κ2) is 7.63. The Morgan fingerprint density at radius 2 is 2.00 bits per heavy atom. The summed E-state index contributed by atoms with van der Waals surface area (Å²) in [6.07, 6.45) is 1.65. The normalized spacial score (nSPS) is 11.4. The van der Waals surface area contributed by atoms with E-state index in [9.17, 15) is 4.79 Å². The van der Waals surface area contributed by atoms with Crippen molar-refractivity contribution in [1.82, 2.24) is 24.3 Å². The van der Waals surface area contributed by atoms with Crippen LogP contribution in [0.4, 0.5) is 5.95 Å². The summed E-state index contributed by atoms with van der Waals surface area (Å²) in [7, 11) is 1.93. The van der Waals surface area contributed by atoms with Crippen molar-refractivity contribution in [2.45, 2.75) is 26.9 Å². The number of hydrogen-bond acceptors (Lipinski definition) is 6. The van der Waals surface area contributed by atoms with Crippen molar-refractivity contribution in [3.8, 4) is 0 Å². The number of pyridine rings is 1. The number of anilines is 1. The molecule has 2 N–H and O–H groups in total. The van der Waals surface area contributed by atoms with Crippen molar-refractivity contribution < 1.29 is 0 Å². The molecule has 4 aromatic rings. The molecule has 1 aromatic carbocycles. The summed E-state index contributed by atoms with van der Waals surface area (Å²) < 4.78 is 3.39. The monoisotopic (exact) mass is 391 g/mol. The van der Waals surface area contributed by atoms with Gasteiger partial charge in [0, 0.05) is 37.8 Å². The molecular weight excluding hydrogens is 366 g/mol. The lowest BCUT2D eigenvalue weighted by Gasteiger charge is -2.18. The Hall–Kier alpha value is -3.26. The number of aryl methyl sites for hydroxylation is 2. The molecule has 0 saturated heterocycles. The Morgan fingerprint density at radius 1 is 1.21 bits per heavy atom. The molecule has 0 saturated carbocycles. The molecule has 0 aliphatic heterocycles.